The lowest BCUT2D eigenvalue weighted by molar-refractivity contribution is -0.127. The summed E-state index contributed by atoms with van der Waals surface area (Å²) < 4.78 is 2.17. The third-order valence-corrected chi connectivity index (χ3v) is 6.09. The number of rotatable bonds is 5. The molecule has 2 aromatic rings. The number of nitrogens with one attached hydrogen (secondary N) is 1. The van der Waals surface area contributed by atoms with E-state index in [-0.39, 0.29) is 11.9 Å². The third-order valence-electron chi connectivity index (χ3n) is 6.09. The van der Waals surface area contributed by atoms with E-state index in [2.05, 4.69) is 56.2 Å². The summed E-state index contributed by atoms with van der Waals surface area (Å²) >= 11 is 0. The van der Waals surface area contributed by atoms with Gasteiger partial charge in [0.15, 0.2) is 5.82 Å². The zero-order valence-corrected chi connectivity index (χ0v) is 16.1. The van der Waals surface area contributed by atoms with Crippen molar-refractivity contribution in [2.45, 2.75) is 70.6 Å². The lowest BCUT2D eigenvalue weighted by atomic mass is 9.93. The molecule has 144 valence electrons. The van der Waals surface area contributed by atoms with Gasteiger partial charge in [-0.25, -0.2) is 0 Å². The summed E-state index contributed by atoms with van der Waals surface area (Å²) in [6, 6.07) is 8.80. The quantitative estimate of drug-likeness (QED) is 0.883. The second kappa shape index (κ2) is 8.21. The fourth-order valence-electron chi connectivity index (χ4n) is 4.51. The van der Waals surface area contributed by atoms with Gasteiger partial charge in [0, 0.05) is 12.6 Å². The first-order valence-corrected chi connectivity index (χ1v) is 10.2. The number of nitrogens with zero attached hydrogens (tertiary/aromatic N) is 4. The molecule has 0 spiro atoms. The fraction of sp³-hybridized carbons (Fsp3) is 0.571. The van der Waals surface area contributed by atoms with E-state index in [1.807, 2.05) is 6.33 Å². The molecule has 27 heavy (non-hydrogen) atoms. The highest BCUT2D eigenvalue weighted by Gasteiger charge is 2.30. The molecule has 6 nitrogen and oxygen atoms in total. The van der Waals surface area contributed by atoms with Gasteiger partial charge in [-0.2, -0.15) is 0 Å². The van der Waals surface area contributed by atoms with Crippen molar-refractivity contribution >= 4 is 5.91 Å². The first kappa shape index (κ1) is 18.2. The van der Waals surface area contributed by atoms with Gasteiger partial charge < -0.3 is 9.88 Å². The Labute approximate surface area is 161 Å². The number of likely N-dealkylation sites (N-methyl/N-ethyl adjacent to an activating group) is 1. The topological polar surface area (TPSA) is 63.1 Å². The molecule has 0 bridgehead atoms. The van der Waals surface area contributed by atoms with Gasteiger partial charge in [0.05, 0.1) is 12.6 Å². The van der Waals surface area contributed by atoms with Gasteiger partial charge in [-0.1, -0.05) is 50.5 Å². The van der Waals surface area contributed by atoms with E-state index in [9.17, 15) is 4.79 Å². The van der Waals surface area contributed by atoms with Crippen LogP contribution in [0, 0.1) is 0 Å². The largest absolute Gasteiger partial charge is 0.347 e. The second-order valence-corrected chi connectivity index (χ2v) is 7.72. The van der Waals surface area contributed by atoms with Crippen LogP contribution in [-0.2, 0) is 24.3 Å². The molecule has 0 unspecified atom stereocenters. The maximum absolute atomic E-state index is 12.9. The van der Waals surface area contributed by atoms with Crippen LogP contribution in [0.5, 0.6) is 0 Å². The zero-order chi connectivity index (χ0) is 18.6. The average Bonchev–Trinajstić information content (AvgIpc) is 3.20. The Morgan fingerprint density at radius 1 is 1.19 bits per heavy atom. The molecule has 4 rings (SSSR count). The maximum atomic E-state index is 12.9. The summed E-state index contributed by atoms with van der Waals surface area (Å²) in [5, 5.41) is 11.5. The monoisotopic (exact) mass is 367 g/mol. The lowest BCUT2D eigenvalue weighted by Gasteiger charge is -2.35. The minimum atomic E-state index is -0.115. The summed E-state index contributed by atoms with van der Waals surface area (Å²) in [6.45, 7) is 4.27. The Hall–Kier alpha value is -2.21. The molecule has 1 aliphatic carbocycles. The molecular formula is C21H29N5O. The van der Waals surface area contributed by atoms with Crippen molar-refractivity contribution in [1.82, 2.24) is 25.0 Å². The molecule has 2 heterocycles. The first-order chi connectivity index (χ1) is 13.3. The van der Waals surface area contributed by atoms with Crippen LogP contribution in [0.15, 0.2) is 30.6 Å². The molecule has 1 aliphatic heterocycles. The van der Waals surface area contributed by atoms with Gasteiger partial charge >= 0.3 is 0 Å². The van der Waals surface area contributed by atoms with E-state index in [0.717, 1.165) is 25.3 Å². The van der Waals surface area contributed by atoms with Crippen molar-refractivity contribution < 1.29 is 4.79 Å². The molecule has 1 saturated carbocycles. The smallest absolute Gasteiger partial charge is 0.238 e. The van der Waals surface area contributed by atoms with Crippen LogP contribution in [0.4, 0.5) is 0 Å². The Morgan fingerprint density at radius 2 is 1.96 bits per heavy atom. The molecule has 0 radical (unpaired) electrons. The SMILES string of the molecule is CCN1Cc2ccccc2C[C@H]1C(=O)NCc1nncn1C1CCCCC1. The first-order valence-electron chi connectivity index (χ1n) is 10.2. The molecular weight excluding hydrogens is 338 g/mol. The Morgan fingerprint density at radius 3 is 2.74 bits per heavy atom. The number of benzene rings is 1. The average molecular weight is 367 g/mol. The molecule has 1 aromatic heterocycles. The molecule has 1 fully saturated rings. The number of aromatic nitrogens is 3. The summed E-state index contributed by atoms with van der Waals surface area (Å²) in [4.78, 5) is 15.2. The third kappa shape index (κ3) is 3.90. The standard InChI is InChI=1S/C21H29N5O/c1-2-25-14-17-9-7-6-8-16(17)12-19(25)21(27)22-13-20-24-23-15-26(20)18-10-4-3-5-11-18/h6-9,15,18-19H,2-5,10-14H2,1H3,(H,22,27)/t19-/m0/s1. The Kier molecular flexibility index (Phi) is 5.53. The number of hydrogen-bond acceptors (Lipinski definition) is 4. The predicted octanol–water partition coefficient (Wildman–Crippen LogP) is 2.85. The van der Waals surface area contributed by atoms with Gasteiger partial charge in [0.1, 0.15) is 6.33 Å². The van der Waals surface area contributed by atoms with E-state index in [1.54, 1.807) is 0 Å². The van der Waals surface area contributed by atoms with Crippen molar-refractivity contribution in [3.63, 3.8) is 0 Å². The lowest BCUT2D eigenvalue weighted by Crippen LogP contribution is -2.50. The minimum absolute atomic E-state index is 0.0875. The summed E-state index contributed by atoms with van der Waals surface area (Å²) in [6.07, 6.45) is 8.81. The Bertz CT molecular complexity index is 780. The highest BCUT2D eigenvalue weighted by Crippen LogP contribution is 2.28. The molecule has 0 saturated heterocycles. The van der Waals surface area contributed by atoms with Crippen LogP contribution < -0.4 is 5.32 Å². The van der Waals surface area contributed by atoms with Crippen molar-refractivity contribution in [3.05, 3.63) is 47.5 Å². The number of carbonyl (C=O) groups excluding carboxylic acids is 1. The van der Waals surface area contributed by atoms with Crippen LogP contribution in [0.1, 0.15) is 62.0 Å². The Balaban J connectivity index is 1.42. The van der Waals surface area contributed by atoms with Crippen molar-refractivity contribution in [1.29, 1.82) is 0 Å². The van der Waals surface area contributed by atoms with Crippen LogP contribution in [0.3, 0.4) is 0 Å². The molecule has 1 N–H and O–H groups in total. The van der Waals surface area contributed by atoms with Gasteiger partial charge in [-0.3, -0.25) is 9.69 Å². The second-order valence-electron chi connectivity index (χ2n) is 7.72. The molecule has 1 atom stereocenters. The van der Waals surface area contributed by atoms with Crippen LogP contribution in [-0.4, -0.2) is 38.2 Å². The number of amides is 1. The highest BCUT2D eigenvalue weighted by molar-refractivity contribution is 5.82. The molecule has 1 aromatic carbocycles. The predicted molar refractivity (Wildman–Crippen MR) is 104 cm³/mol. The van der Waals surface area contributed by atoms with E-state index in [1.165, 1.54) is 43.2 Å². The summed E-state index contributed by atoms with van der Waals surface area (Å²) in [7, 11) is 0. The van der Waals surface area contributed by atoms with Crippen molar-refractivity contribution in [3.8, 4) is 0 Å². The van der Waals surface area contributed by atoms with E-state index < -0.39 is 0 Å². The van der Waals surface area contributed by atoms with Crippen molar-refractivity contribution in [2.75, 3.05) is 6.54 Å². The number of hydrogen-bond donors (Lipinski definition) is 1. The van der Waals surface area contributed by atoms with E-state index >= 15 is 0 Å². The minimum Gasteiger partial charge on any atom is -0.347 e. The molecule has 1 amide bonds. The van der Waals surface area contributed by atoms with Gasteiger partial charge in [0.2, 0.25) is 5.91 Å². The maximum Gasteiger partial charge on any atom is 0.238 e. The summed E-state index contributed by atoms with van der Waals surface area (Å²) in [5.74, 6) is 0.957. The van der Waals surface area contributed by atoms with Gasteiger partial charge in [-0.15, -0.1) is 10.2 Å². The van der Waals surface area contributed by atoms with E-state index in [0.29, 0.717) is 12.6 Å². The molecule has 2 aliphatic rings. The van der Waals surface area contributed by atoms with Gasteiger partial charge in [0.25, 0.3) is 0 Å². The van der Waals surface area contributed by atoms with Gasteiger partial charge in [-0.05, 0) is 36.9 Å². The van der Waals surface area contributed by atoms with Crippen LogP contribution in [0.25, 0.3) is 0 Å². The highest BCUT2D eigenvalue weighted by atomic mass is 16.2. The normalized spacial score (nSPS) is 21.0. The number of carbonyl (C=O) groups is 1. The van der Waals surface area contributed by atoms with Crippen LogP contribution >= 0.6 is 0 Å². The van der Waals surface area contributed by atoms with Crippen LogP contribution in [0.2, 0.25) is 0 Å². The van der Waals surface area contributed by atoms with E-state index in [4.69, 9.17) is 0 Å². The zero-order valence-electron chi connectivity index (χ0n) is 16.1. The molecule has 6 heteroatoms. The fourth-order valence-corrected chi connectivity index (χ4v) is 4.51. The number of fused-ring (bicyclic) bond motifs is 1. The summed E-state index contributed by atoms with van der Waals surface area (Å²) in [5.41, 5.74) is 2.62. The van der Waals surface area contributed by atoms with Crippen molar-refractivity contribution in [2.24, 2.45) is 0 Å².